The highest BCUT2D eigenvalue weighted by molar-refractivity contribution is 5.75. The van der Waals surface area contributed by atoms with Crippen LogP contribution in [0.25, 0.3) is 0 Å². The number of ether oxygens (including phenoxy) is 1. The highest BCUT2D eigenvalue weighted by Crippen LogP contribution is 2.24. The van der Waals surface area contributed by atoms with Crippen LogP contribution in [0.4, 0.5) is 0 Å². The molecule has 0 aromatic rings. The Morgan fingerprint density at radius 2 is 1.57 bits per heavy atom. The standard InChI is InChI=1S/C12H24O2/c1-9(8-11(2,3)4)14-10(13)12(5,6)7/h9H,8H2,1-7H3. The molecule has 1 unspecified atom stereocenters. The molecule has 0 N–H and O–H groups in total. The van der Waals surface area contributed by atoms with Crippen molar-refractivity contribution in [2.24, 2.45) is 10.8 Å². The van der Waals surface area contributed by atoms with Gasteiger partial charge in [-0.2, -0.15) is 0 Å². The van der Waals surface area contributed by atoms with Crippen LogP contribution in [-0.2, 0) is 9.53 Å². The van der Waals surface area contributed by atoms with E-state index in [1.165, 1.54) is 0 Å². The first-order chi connectivity index (χ1) is 6.02. The van der Waals surface area contributed by atoms with Gasteiger partial charge in [-0.05, 0) is 39.5 Å². The van der Waals surface area contributed by atoms with Crippen LogP contribution in [0.3, 0.4) is 0 Å². The lowest BCUT2D eigenvalue weighted by molar-refractivity contribution is -0.158. The molecule has 2 heteroatoms. The molecule has 1 atom stereocenters. The second-order valence-corrected chi connectivity index (χ2v) is 6.23. The molecule has 0 aromatic heterocycles. The minimum absolute atomic E-state index is 0.00160. The van der Waals surface area contributed by atoms with E-state index < -0.39 is 5.41 Å². The molecule has 0 aromatic carbocycles. The highest BCUT2D eigenvalue weighted by Gasteiger charge is 2.26. The van der Waals surface area contributed by atoms with Gasteiger partial charge in [0, 0.05) is 0 Å². The van der Waals surface area contributed by atoms with E-state index in [-0.39, 0.29) is 17.5 Å². The lowest BCUT2D eigenvalue weighted by Crippen LogP contribution is -2.29. The Balaban J connectivity index is 4.09. The summed E-state index contributed by atoms with van der Waals surface area (Å²) in [4.78, 5) is 11.5. The van der Waals surface area contributed by atoms with Gasteiger partial charge in [-0.25, -0.2) is 0 Å². The maximum atomic E-state index is 11.5. The van der Waals surface area contributed by atoms with Crippen LogP contribution in [0.5, 0.6) is 0 Å². The summed E-state index contributed by atoms with van der Waals surface area (Å²) in [5, 5.41) is 0. The van der Waals surface area contributed by atoms with Crippen LogP contribution in [0, 0.1) is 10.8 Å². The van der Waals surface area contributed by atoms with E-state index in [2.05, 4.69) is 20.8 Å². The predicted molar refractivity (Wildman–Crippen MR) is 59.1 cm³/mol. The lowest BCUT2D eigenvalue weighted by atomic mass is 9.89. The number of hydrogen-bond donors (Lipinski definition) is 0. The minimum Gasteiger partial charge on any atom is -0.462 e. The second-order valence-electron chi connectivity index (χ2n) is 6.23. The number of esters is 1. The van der Waals surface area contributed by atoms with Crippen LogP contribution < -0.4 is 0 Å². The predicted octanol–water partition coefficient (Wildman–Crippen LogP) is 3.40. The Kier molecular flexibility index (Phi) is 4.16. The fraction of sp³-hybridized carbons (Fsp3) is 0.917. The summed E-state index contributed by atoms with van der Waals surface area (Å²) in [6.07, 6.45) is 0.899. The Labute approximate surface area is 88.0 Å². The van der Waals surface area contributed by atoms with Gasteiger partial charge in [-0.3, -0.25) is 4.79 Å². The molecule has 2 nitrogen and oxygen atoms in total. The fourth-order valence-corrected chi connectivity index (χ4v) is 1.26. The molecule has 0 radical (unpaired) electrons. The molecule has 14 heavy (non-hydrogen) atoms. The first kappa shape index (κ1) is 13.5. The monoisotopic (exact) mass is 200 g/mol. The zero-order valence-corrected chi connectivity index (χ0v) is 10.6. The zero-order valence-electron chi connectivity index (χ0n) is 10.6. The minimum atomic E-state index is -0.397. The third kappa shape index (κ3) is 6.01. The van der Waals surface area contributed by atoms with E-state index in [0.29, 0.717) is 0 Å². The molecule has 0 heterocycles. The average Bonchev–Trinajstić information content (AvgIpc) is 1.79. The number of carbonyl (C=O) groups excluding carboxylic acids is 1. The SMILES string of the molecule is CC(CC(C)(C)C)OC(=O)C(C)(C)C. The van der Waals surface area contributed by atoms with E-state index >= 15 is 0 Å². The third-order valence-electron chi connectivity index (χ3n) is 1.82. The number of hydrogen-bond acceptors (Lipinski definition) is 2. The highest BCUT2D eigenvalue weighted by atomic mass is 16.5. The van der Waals surface area contributed by atoms with Gasteiger partial charge >= 0.3 is 5.97 Å². The van der Waals surface area contributed by atoms with Gasteiger partial charge in [0.05, 0.1) is 11.5 Å². The van der Waals surface area contributed by atoms with E-state index in [0.717, 1.165) is 6.42 Å². The fourth-order valence-electron chi connectivity index (χ4n) is 1.26. The first-order valence-electron chi connectivity index (χ1n) is 5.23. The van der Waals surface area contributed by atoms with Crippen molar-refractivity contribution in [3.63, 3.8) is 0 Å². The van der Waals surface area contributed by atoms with Crippen molar-refractivity contribution in [2.45, 2.75) is 61.0 Å². The lowest BCUT2D eigenvalue weighted by Gasteiger charge is -2.26. The van der Waals surface area contributed by atoms with E-state index in [1.807, 2.05) is 27.7 Å². The van der Waals surface area contributed by atoms with Gasteiger partial charge in [0.15, 0.2) is 0 Å². The van der Waals surface area contributed by atoms with Gasteiger partial charge < -0.3 is 4.74 Å². The maximum Gasteiger partial charge on any atom is 0.311 e. The topological polar surface area (TPSA) is 26.3 Å². The van der Waals surface area contributed by atoms with Crippen molar-refractivity contribution < 1.29 is 9.53 Å². The summed E-state index contributed by atoms with van der Waals surface area (Å²) in [5.41, 5.74) is -0.191. The molecule has 0 fully saturated rings. The van der Waals surface area contributed by atoms with E-state index in [4.69, 9.17) is 4.74 Å². The summed E-state index contributed by atoms with van der Waals surface area (Å²) in [5.74, 6) is -0.116. The van der Waals surface area contributed by atoms with Crippen molar-refractivity contribution >= 4 is 5.97 Å². The van der Waals surface area contributed by atoms with E-state index in [1.54, 1.807) is 0 Å². The van der Waals surface area contributed by atoms with Crippen LogP contribution >= 0.6 is 0 Å². The molecule has 0 bridgehead atoms. The second kappa shape index (κ2) is 4.33. The summed E-state index contributed by atoms with van der Waals surface area (Å²) in [6, 6.07) is 0. The van der Waals surface area contributed by atoms with Crippen molar-refractivity contribution in [3.05, 3.63) is 0 Å². The van der Waals surface area contributed by atoms with Crippen molar-refractivity contribution in [2.75, 3.05) is 0 Å². The number of rotatable bonds is 2. The van der Waals surface area contributed by atoms with Crippen LogP contribution in [0.15, 0.2) is 0 Å². The Morgan fingerprint density at radius 1 is 1.14 bits per heavy atom. The van der Waals surface area contributed by atoms with Crippen LogP contribution in [0.2, 0.25) is 0 Å². The molecule has 84 valence electrons. The summed E-state index contributed by atoms with van der Waals surface area (Å²) < 4.78 is 5.35. The molecular formula is C12H24O2. The number of carbonyl (C=O) groups is 1. The van der Waals surface area contributed by atoms with E-state index in [9.17, 15) is 4.79 Å². The zero-order chi connectivity index (χ0) is 11.6. The van der Waals surface area contributed by atoms with Gasteiger partial charge in [-0.1, -0.05) is 20.8 Å². The van der Waals surface area contributed by atoms with Gasteiger partial charge in [0.1, 0.15) is 0 Å². The molecule has 0 amide bonds. The smallest absolute Gasteiger partial charge is 0.311 e. The summed E-state index contributed by atoms with van der Waals surface area (Å²) >= 11 is 0. The Hall–Kier alpha value is -0.530. The van der Waals surface area contributed by atoms with Gasteiger partial charge in [0.25, 0.3) is 0 Å². The molecular weight excluding hydrogens is 176 g/mol. The molecule has 0 aliphatic heterocycles. The molecule has 0 aliphatic rings. The van der Waals surface area contributed by atoms with Crippen molar-refractivity contribution in [1.82, 2.24) is 0 Å². The molecule has 0 saturated heterocycles. The largest absolute Gasteiger partial charge is 0.462 e. The average molecular weight is 200 g/mol. The summed E-state index contributed by atoms with van der Waals surface area (Å²) in [7, 11) is 0. The van der Waals surface area contributed by atoms with Crippen molar-refractivity contribution in [1.29, 1.82) is 0 Å². The summed E-state index contributed by atoms with van der Waals surface area (Å²) in [6.45, 7) is 14.0. The Morgan fingerprint density at radius 3 is 1.86 bits per heavy atom. The van der Waals surface area contributed by atoms with Crippen LogP contribution in [-0.4, -0.2) is 12.1 Å². The molecule has 0 aliphatic carbocycles. The van der Waals surface area contributed by atoms with Crippen molar-refractivity contribution in [3.8, 4) is 0 Å². The molecule has 0 spiro atoms. The van der Waals surface area contributed by atoms with Crippen LogP contribution in [0.1, 0.15) is 54.9 Å². The quantitative estimate of drug-likeness (QED) is 0.639. The first-order valence-corrected chi connectivity index (χ1v) is 5.23. The molecule has 0 saturated carbocycles. The van der Waals surface area contributed by atoms with Gasteiger partial charge in [0.2, 0.25) is 0 Å². The molecule has 0 rings (SSSR count). The van der Waals surface area contributed by atoms with Gasteiger partial charge in [-0.15, -0.1) is 0 Å². The maximum absolute atomic E-state index is 11.5. The Bertz CT molecular complexity index is 193. The normalized spacial score (nSPS) is 15.1. The third-order valence-corrected chi connectivity index (χ3v) is 1.82.